The van der Waals surface area contributed by atoms with Crippen LogP contribution in [0.2, 0.25) is 0 Å². The Balaban J connectivity index is 2.35. The maximum absolute atomic E-state index is 11.3. The molecule has 0 aromatic heterocycles. The quantitative estimate of drug-likeness (QED) is 0.420. The highest BCUT2D eigenvalue weighted by molar-refractivity contribution is 7.92. The predicted octanol–water partition coefficient (Wildman–Crippen LogP) is 4.21. The van der Waals surface area contributed by atoms with Gasteiger partial charge in [0.05, 0.1) is 12.4 Å². The predicted molar refractivity (Wildman–Crippen MR) is 110 cm³/mol. The molecule has 0 aliphatic heterocycles. The molecule has 0 fully saturated rings. The molecule has 0 radical (unpaired) electrons. The topological polar surface area (TPSA) is 78.4 Å². The lowest BCUT2D eigenvalue weighted by atomic mass is 10.0. The first-order valence-corrected chi connectivity index (χ1v) is 11.7. The van der Waals surface area contributed by atoms with Crippen molar-refractivity contribution in [2.45, 2.75) is 77.4 Å². The third-order valence-electron chi connectivity index (χ3n) is 4.56. The fourth-order valence-corrected chi connectivity index (χ4v) is 3.61. The molecule has 2 atom stereocenters. The number of nitrogens with one attached hydrogen (secondary N) is 2. The van der Waals surface area contributed by atoms with Gasteiger partial charge in [0.15, 0.2) is 0 Å². The van der Waals surface area contributed by atoms with Crippen LogP contribution in [0.15, 0.2) is 24.3 Å². The molecular weight excluding hydrogens is 348 g/mol. The van der Waals surface area contributed by atoms with Crippen molar-refractivity contribution in [2.24, 2.45) is 0 Å². The van der Waals surface area contributed by atoms with Crippen LogP contribution < -0.4 is 10.0 Å². The number of unbranched alkanes of at least 4 members (excludes halogenated alkanes) is 3. The average molecular weight is 385 g/mol. The second-order valence-electron chi connectivity index (χ2n) is 7.07. The molecule has 1 aromatic carbocycles. The first-order chi connectivity index (χ1) is 12.4. The summed E-state index contributed by atoms with van der Waals surface area (Å²) in [6, 6.07) is 7.53. The maximum atomic E-state index is 11.3. The van der Waals surface area contributed by atoms with Crippen LogP contribution in [0.5, 0.6) is 0 Å². The van der Waals surface area contributed by atoms with E-state index in [1.165, 1.54) is 32.1 Å². The Morgan fingerprint density at radius 2 is 1.85 bits per heavy atom. The molecule has 0 heterocycles. The van der Waals surface area contributed by atoms with E-state index in [2.05, 4.69) is 23.9 Å². The van der Waals surface area contributed by atoms with Gasteiger partial charge in [0.1, 0.15) is 0 Å². The Hall–Kier alpha value is -1.11. The highest BCUT2D eigenvalue weighted by atomic mass is 32.2. The summed E-state index contributed by atoms with van der Waals surface area (Å²) in [7, 11) is -3.31. The molecule has 26 heavy (non-hydrogen) atoms. The molecule has 2 unspecified atom stereocenters. The maximum Gasteiger partial charge on any atom is 0.229 e. The molecule has 0 saturated carbocycles. The number of aliphatic hydroxyl groups is 1. The van der Waals surface area contributed by atoms with Gasteiger partial charge >= 0.3 is 0 Å². The first-order valence-electron chi connectivity index (χ1n) is 9.85. The molecule has 1 rings (SSSR count). The van der Waals surface area contributed by atoms with Crippen LogP contribution >= 0.6 is 0 Å². The Morgan fingerprint density at radius 1 is 1.08 bits per heavy atom. The summed E-state index contributed by atoms with van der Waals surface area (Å²) in [5.41, 5.74) is 1.23. The summed E-state index contributed by atoms with van der Waals surface area (Å²) in [6.07, 6.45) is 9.60. The van der Waals surface area contributed by atoms with Crippen LogP contribution in [-0.2, 0) is 10.0 Å². The fourth-order valence-electron chi connectivity index (χ4n) is 3.06. The fraction of sp³-hybridized carbons (Fsp3) is 0.700. The normalized spacial score (nSPS) is 14.2. The van der Waals surface area contributed by atoms with Gasteiger partial charge in [-0.25, -0.2) is 8.42 Å². The van der Waals surface area contributed by atoms with Gasteiger partial charge in [0, 0.05) is 11.7 Å². The van der Waals surface area contributed by atoms with Crippen LogP contribution in [0.4, 0.5) is 5.69 Å². The van der Waals surface area contributed by atoms with Gasteiger partial charge in [0.25, 0.3) is 0 Å². The summed E-state index contributed by atoms with van der Waals surface area (Å²) < 4.78 is 25.1. The van der Waals surface area contributed by atoms with Crippen molar-refractivity contribution in [1.29, 1.82) is 0 Å². The van der Waals surface area contributed by atoms with Gasteiger partial charge in [-0.05, 0) is 49.9 Å². The molecule has 3 N–H and O–H groups in total. The molecule has 0 bridgehead atoms. The van der Waals surface area contributed by atoms with Crippen molar-refractivity contribution < 1.29 is 13.5 Å². The zero-order chi connectivity index (χ0) is 19.4. The number of hydrogen-bond donors (Lipinski definition) is 3. The largest absolute Gasteiger partial charge is 0.388 e. The summed E-state index contributed by atoms with van der Waals surface area (Å²) in [6.45, 7) is 5.34. The van der Waals surface area contributed by atoms with E-state index in [4.69, 9.17) is 0 Å². The third-order valence-corrected chi connectivity index (χ3v) is 5.17. The first kappa shape index (κ1) is 22.9. The van der Waals surface area contributed by atoms with Crippen LogP contribution in [0, 0.1) is 0 Å². The highest BCUT2D eigenvalue weighted by Gasteiger charge is 2.10. The number of rotatable bonds is 14. The smallest absolute Gasteiger partial charge is 0.229 e. The van der Waals surface area contributed by atoms with Crippen LogP contribution in [0.25, 0.3) is 0 Å². The van der Waals surface area contributed by atoms with E-state index in [0.717, 1.165) is 31.2 Å². The number of benzene rings is 1. The molecule has 5 nitrogen and oxygen atoms in total. The van der Waals surface area contributed by atoms with Crippen molar-refractivity contribution in [2.75, 3.05) is 17.5 Å². The standard InChI is InChI=1S/C20H36N2O3S/c1-4-6-7-8-12-18(5-2)21-15-10-14-20(23)17-11-9-13-19(16-17)22-26(3,24)25/h9,11,13,16,18,20-23H,4-8,10,12,14-15H2,1-3H3. The lowest BCUT2D eigenvalue weighted by Gasteiger charge is -2.18. The Morgan fingerprint density at radius 3 is 2.50 bits per heavy atom. The molecule has 0 spiro atoms. The molecule has 0 amide bonds. The second kappa shape index (κ2) is 12.3. The van der Waals surface area contributed by atoms with E-state index in [-0.39, 0.29) is 0 Å². The van der Waals surface area contributed by atoms with Crippen LogP contribution in [-0.4, -0.2) is 32.4 Å². The van der Waals surface area contributed by atoms with Crippen molar-refractivity contribution in [1.82, 2.24) is 5.32 Å². The number of sulfonamides is 1. The van der Waals surface area contributed by atoms with E-state index >= 15 is 0 Å². The van der Waals surface area contributed by atoms with Crippen molar-refractivity contribution in [3.8, 4) is 0 Å². The van der Waals surface area contributed by atoms with E-state index in [0.29, 0.717) is 18.2 Å². The molecule has 1 aromatic rings. The monoisotopic (exact) mass is 384 g/mol. The second-order valence-corrected chi connectivity index (χ2v) is 8.81. The van der Waals surface area contributed by atoms with Crippen LogP contribution in [0.1, 0.15) is 76.9 Å². The number of anilines is 1. The molecule has 6 heteroatoms. The number of hydrogen-bond acceptors (Lipinski definition) is 4. The van der Waals surface area contributed by atoms with Gasteiger partial charge in [-0.15, -0.1) is 0 Å². The summed E-state index contributed by atoms with van der Waals surface area (Å²) in [5, 5.41) is 14.0. The lowest BCUT2D eigenvalue weighted by molar-refractivity contribution is 0.164. The minimum Gasteiger partial charge on any atom is -0.388 e. The van der Waals surface area contributed by atoms with E-state index in [9.17, 15) is 13.5 Å². The Labute approximate surface area is 159 Å². The van der Waals surface area contributed by atoms with Gasteiger partial charge in [-0.1, -0.05) is 51.7 Å². The van der Waals surface area contributed by atoms with Gasteiger partial charge in [-0.2, -0.15) is 0 Å². The molecule has 0 saturated heterocycles. The average Bonchev–Trinajstić information content (AvgIpc) is 2.59. The van der Waals surface area contributed by atoms with Crippen molar-refractivity contribution in [3.05, 3.63) is 29.8 Å². The van der Waals surface area contributed by atoms with Gasteiger partial charge in [-0.3, -0.25) is 4.72 Å². The van der Waals surface area contributed by atoms with E-state index in [1.807, 2.05) is 6.07 Å². The summed E-state index contributed by atoms with van der Waals surface area (Å²) >= 11 is 0. The molecule has 0 aliphatic carbocycles. The zero-order valence-electron chi connectivity index (χ0n) is 16.5. The number of aliphatic hydroxyl groups excluding tert-OH is 1. The molecule has 150 valence electrons. The molecule has 0 aliphatic rings. The highest BCUT2D eigenvalue weighted by Crippen LogP contribution is 2.22. The van der Waals surface area contributed by atoms with Gasteiger partial charge < -0.3 is 10.4 Å². The molecular formula is C20H36N2O3S. The minimum absolute atomic E-state index is 0.486. The zero-order valence-corrected chi connectivity index (χ0v) is 17.3. The van der Waals surface area contributed by atoms with Gasteiger partial charge in [0.2, 0.25) is 10.0 Å². The lowest BCUT2D eigenvalue weighted by Crippen LogP contribution is -2.29. The minimum atomic E-state index is -3.31. The third kappa shape index (κ3) is 10.1. The SMILES string of the molecule is CCCCCCC(CC)NCCCC(O)c1cccc(NS(C)(=O)=O)c1. The van der Waals surface area contributed by atoms with Crippen molar-refractivity contribution in [3.63, 3.8) is 0 Å². The van der Waals surface area contributed by atoms with Crippen molar-refractivity contribution >= 4 is 15.7 Å². The summed E-state index contributed by atoms with van der Waals surface area (Å²) in [5.74, 6) is 0. The Bertz CT molecular complexity index is 605. The summed E-state index contributed by atoms with van der Waals surface area (Å²) in [4.78, 5) is 0. The van der Waals surface area contributed by atoms with E-state index < -0.39 is 16.1 Å². The Kier molecular flexibility index (Phi) is 10.9. The van der Waals surface area contributed by atoms with E-state index in [1.54, 1.807) is 18.2 Å². The van der Waals surface area contributed by atoms with Crippen LogP contribution in [0.3, 0.4) is 0 Å².